The minimum Gasteiger partial charge on any atom is -0.480 e. The van der Waals surface area contributed by atoms with Gasteiger partial charge in [-0.2, -0.15) is 0 Å². The molecule has 1 aliphatic rings. The monoisotopic (exact) mass is 358 g/mol. The highest BCUT2D eigenvalue weighted by atomic mass is 79.9. The molecule has 1 fully saturated rings. The van der Waals surface area contributed by atoms with Gasteiger partial charge in [0.25, 0.3) is 0 Å². The van der Waals surface area contributed by atoms with Gasteiger partial charge in [0.05, 0.1) is 4.92 Å². The van der Waals surface area contributed by atoms with Gasteiger partial charge in [-0.15, -0.1) is 0 Å². The molecule has 0 bridgehead atoms. The number of hydrogen-bond acceptors (Lipinski definition) is 6. The van der Waals surface area contributed by atoms with Crippen LogP contribution in [-0.2, 0) is 4.79 Å². The fourth-order valence-electron chi connectivity index (χ4n) is 2.28. The molecule has 0 radical (unpaired) electrons. The number of pyridine rings is 1. The SMILES string of the molecule is CC(C(=O)O)N1CCN(c2ncc(Br)cc2[N+](=O)[O-])CC1. The molecule has 21 heavy (non-hydrogen) atoms. The van der Waals surface area contributed by atoms with E-state index in [1.54, 1.807) is 6.92 Å². The van der Waals surface area contributed by atoms with Crippen LogP contribution in [0, 0.1) is 10.1 Å². The highest BCUT2D eigenvalue weighted by Crippen LogP contribution is 2.29. The first-order valence-corrected chi connectivity index (χ1v) is 7.21. The van der Waals surface area contributed by atoms with E-state index in [-0.39, 0.29) is 5.69 Å². The van der Waals surface area contributed by atoms with Crippen molar-refractivity contribution < 1.29 is 14.8 Å². The van der Waals surface area contributed by atoms with Crippen LogP contribution in [-0.4, -0.2) is 58.1 Å². The lowest BCUT2D eigenvalue weighted by molar-refractivity contribution is -0.384. The predicted octanol–water partition coefficient (Wildman–Crippen LogP) is 1.35. The maximum atomic E-state index is 11.1. The molecule has 8 nitrogen and oxygen atoms in total. The van der Waals surface area contributed by atoms with Crippen molar-refractivity contribution in [3.63, 3.8) is 0 Å². The van der Waals surface area contributed by atoms with Crippen molar-refractivity contribution in [3.05, 3.63) is 26.9 Å². The zero-order valence-electron chi connectivity index (χ0n) is 11.4. The molecule has 1 aliphatic heterocycles. The standard InChI is InChI=1S/C12H15BrN4O4/c1-8(12(18)19)15-2-4-16(5-3-15)11-10(17(20)21)6-9(13)7-14-11/h6-8H,2-5H2,1H3,(H,18,19). The van der Waals surface area contributed by atoms with Crippen molar-refractivity contribution in [1.82, 2.24) is 9.88 Å². The molecule has 2 rings (SSSR count). The van der Waals surface area contributed by atoms with Gasteiger partial charge in [0, 0.05) is 42.9 Å². The number of hydrogen-bond donors (Lipinski definition) is 1. The molecule has 0 aliphatic carbocycles. The minimum absolute atomic E-state index is 0.0518. The van der Waals surface area contributed by atoms with Crippen molar-refractivity contribution in [3.8, 4) is 0 Å². The fraction of sp³-hybridized carbons (Fsp3) is 0.500. The Bertz CT molecular complexity index is 560. The molecule has 114 valence electrons. The summed E-state index contributed by atoms with van der Waals surface area (Å²) in [5.74, 6) is -0.540. The van der Waals surface area contributed by atoms with Gasteiger partial charge in [-0.25, -0.2) is 4.98 Å². The molecule has 1 aromatic heterocycles. The fourth-order valence-corrected chi connectivity index (χ4v) is 2.60. The summed E-state index contributed by atoms with van der Waals surface area (Å²) in [7, 11) is 0. The zero-order chi connectivity index (χ0) is 15.6. The third-order valence-electron chi connectivity index (χ3n) is 3.53. The highest BCUT2D eigenvalue weighted by Gasteiger charge is 2.29. The van der Waals surface area contributed by atoms with E-state index in [1.807, 2.05) is 9.80 Å². The number of carboxylic acids is 1. The van der Waals surface area contributed by atoms with Crippen LogP contribution < -0.4 is 4.90 Å². The third-order valence-corrected chi connectivity index (χ3v) is 3.96. The van der Waals surface area contributed by atoms with Crippen molar-refractivity contribution in [2.45, 2.75) is 13.0 Å². The molecular formula is C12H15BrN4O4. The summed E-state index contributed by atoms with van der Waals surface area (Å²) in [5.41, 5.74) is -0.0518. The van der Waals surface area contributed by atoms with E-state index < -0.39 is 16.9 Å². The maximum Gasteiger partial charge on any atom is 0.320 e. The summed E-state index contributed by atoms with van der Waals surface area (Å²) in [5, 5.41) is 20.1. The summed E-state index contributed by atoms with van der Waals surface area (Å²) in [6.07, 6.45) is 1.52. The second kappa shape index (κ2) is 6.35. The predicted molar refractivity (Wildman–Crippen MR) is 79.5 cm³/mol. The first kappa shape index (κ1) is 15.6. The van der Waals surface area contributed by atoms with E-state index in [0.717, 1.165) is 0 Å². The summed E-state index contributed by atoms with van der Waals surface area (Å²) in [6, 6.07) is 0.870. The van der Waals surface area contributed by atoms with E-state index in [2.05, 4.69) is 20.9 Å². The summed E-state index contributed by atoms with van der Waals surface area (Å²) in [6.45, 7) is 3.71. The minimum atomic E-state index is -0.865. The Labute approximate surface area is 129 Å². The van der Waals surface area contributed by atoms with Crippen LogP contribution >= 0.6 is 15.9 Å². The Morgan fingerprint density at radius 2 is 2.10 bits per heavy atom. The molecule has 2 heterocycles. The molecule has 9 heteroatoms. The van der Waals surface area contributed by atoms with Gasteiger partial charge in [-0.1, -0.05) is 0 Å². The number of piperazine rings is 1. The summed E-state index contributed by atoms with van der Waals surface area (Å²) < 4.78 is 0.552. The number of anilines is 1. The molecule has 1 unspecified atom stereocenters. The average Bonchev–Trinajstić information content (AvgIpc) is 2.46. The lowest BCUT2D eigenvalue weighted by atomic mass is 10.2. The Balaban J connectivity index is 2.12. The average molecular weight is 359 g/mol. The van der Waals surface area contributed by atoms with Crippen LogP contribution in [0.3, 0.4) is 0 Å². The molecule has 0 aromatic carbocycles. The molecule has 0 amide bonds. The van der Waals surface area contributed by atoms with Crippen LogP contribution in [0.2, 0.25) is 0 Å². The second-order valence-corrected chi connectivity index (χ2v) is 5.71. The molecule has 1 aromatic rings. The number of nitro groups is 1. The smallest absolute Gasteiger partial charge is 0.320 e. The van der Waals surface area contributed by atoms with Crippen LogP contribution in [0.4, 0.5) is 11.5 Å². The van der Waals surface area contributed by atoms with E-state index >= 15 is 0 Å². The van der Waals surface area contributed by atoms with Gasteiger partial charge in [0.1, 0.15) is 6.04 Å². The largest absolute Gasteiger partial charge is 0.480 e. The normalized spacial score (nSPS) is 17.5. The number of aromatic nitrogens is 1. The van der Waals surface area contributed by atoms with Crippen molar-refractivity contribution >= 4 is 33.4 Å². The molecule has 1 N–H and O–H groups in total. The van der Waals surface area contributed by atoms with E-state index in [1.165, 1.54) is 12.3 Å². The zero-order valence-corrected chi connectivity index (χ0v) is 13.0. The van der Waals surface area contributed by atoms with E-state index in [9.17, 15) is 14.9 Å². The van der Waals surface area contributed by atoms with Gasteiger partial charge in [-0.05, 0) is 22.9 Å². The van der Waals surface area contributed by atoms with Gasteiger partial charge < -0.3 is 10.0 Å². The molecule has 0 spiro atoms. The number of halogens is 1. The Hall–Kier alpha value is -1.74. The van der Waals surface area contributed by atoms with Gasteiger partial charge >= 0.3 is 11.7 Å². The Kier molecular flexibility index (Phi) is 4.73. The van der Waals surface area contributed by atoms with Crippen LogP contribution in [0.1, 0.15) is 6.92 Å². The number of aliphatic carboxylic acids is 1. The van der Waals surface area contributed by atoms with Crippen LogP contribution in [0.5, 0.6) is 0 Å². The van der Waals surface area contributed by atoms with Crippen molar-refractivity contribution in [2.24, 2.45) is 0 Å². The number of rotatable bonds is 4. The van der Waals surface area contributed by atoms with E-state index in [0.29, 0.717) is 36.5 Å². The first-order valence-electron chi connectivity index (χ1n) is 6.42. The third kappa shape index (κ3) is 3.48. The summed E-state index contributed by atoms with van der Waals surface area (Å²) in [4.78, 5) is 29.4. The second-order valence-electron chi connectivity index (χ2n) is 4.79. The Morgan fingerprint density at radius 3 is 2.62 bits per heavy atom. The number of carbonyl (C=O) groups is 1. The Morgan fingerprint density at radius 1 is 1.48 bits per heavy atom. The quantitative estimate of drug-likeness (QED) is 0.640. The van der Waals surface area contributed by atoms with Gasteiger partial charge in [0.15, 0.2) is 0 Å². The van der Waals surface area contributed by atoms with E-state index in [4.69, 9.17) is 5.11 Å². The lowest BCUT2D eigenvalue weighted by Gasteiger charge is -2.36. The summed E-state index contributed by atoms with van der Waals surface area (Å²) >= 11 is 3.17. The van der Waals surface area contributed by atoms with Crippen LogP contribution in [0.25, 0.3) is 0 Å². The molecule has 1 atom stereocenters. The van der Waals surface area contributed by atoms with Crippen molar-refractivity contribution in [2.75, 3.05) is 31.1 Å². The topological polar surface area (TPSA) is 99.8 Å². The van der Waals surface area contributed by atoms with Gasteiger partial charge in [0.2, 0.25) is 5.82 Å². The molecular weight excluding hydrogens is 344 g/mol. The maximum absolute atomic E-state index is 11.1. The number of nitrogens with zero attached hydrogens (tertiary/aromatic N) is 4. The first-order chi connectivity index (χ1) is 9.90. The molecule has 0 saturated carbocycles. The lowest BCUT2D eigenvalue weighted by Crippen LogP contribution is -2.52. The van der Waals surface area contributed by atoms with Gasteiger partial charge in [-0.3, -0.25) is 19.8 Å². The van der Waals surface area contributed by atoms with Crippen LogP contribution in [0.15, 0.2) is 16.7 Å². The number of carboxylic acid groups (broad SMARTS) is 1. The molecule has 1 saturated heterocycles. The van der Waals surface area contributed by atoms with Crippen molar-refractivity contribution in [1.29, 1.82) is 0 Å². The highest BCUT2D eigenvalue weighted by molar-refractivity contribution is 9.10.